The third-order valence-corrected chi connectivity index (χ3v) is 22.0. The molecule has 0 atom stereocenters. The van der Waals surface area contributed by atoms with Crippen LogP contribution in [0.2, 0.25) is 0 Å². The minimum atomic E-state index is -1.85. The van der Waals surface area contributed by atoms with Gasteiger partial charge in [-0.3, -0.25) is 0 Å². The summed E-state index contributed by atoms with van der Waals surface area (Å²) in [7, 11) is -0.554. The van der Waals surface area contributed by atoms with Crippen LogP contribution in [0.5, 0.6) is 23.0 Å². The molecular formula is C75H50F7O4S3+3. The second kappa shape index (κ2) is 25.4. The number of halogens is 7. The Bertz CT molecular complexity index is 4870. The second-order valence-corrected chi connectivity index (χ2v) is 26.6. The molecule has 12 aromatic carbocycles. The molecule has 0 bridgehead atoms. The third-order valence-electron chi connectivity index (χ3n) is 15.0. The predicted octanol–water partition coefficient (Wildman–Crippen LogP) is 22.6. The van der Waals surface area contributed by atoms with Crippen LogP contribution in [0.4, 0.5) is 30.7 Å². The zero-order valence-electron chi connectivity index (χ0n) is 47.0. The number of hydrogen-bond acceptors (Lipinski definition) is 4. The Hall–Kier alpha value is -9.99. The molecule has 0 spiro atoms. The Labute approximate surface area is 514 Å². The molecule has 0 saturated carbocycles. The number of thiophene rings is 3. The molecule has 0 aliphatic carbocycles. The highest BCUT2D eigenvalue weighted by Crippen LogP contribution is 2.51. The Morgan fingerprint density at radius 3 is 0.888 bits per heavy atom. The van der Waals surface area contributed by atoms with Gasteiger partial charge in [-0.2, -0.15) is 8.78 Å². The quantitative estimate of drug-likeness (QED) is 0.0752. The van der Waals surface area contributed by atoms with E-state index in [9.17, 15) is 30.7 Å². The first-order chi connectivity index (χ1) is 43.4. The summed E-state index contributed by atoms with van der Waals surface area (Å²) in [4.78, 5) is 3.52. The van der Waals surface area contributed by atoms with Crippen molar-refractivity contribution >= 4 is 91.9 Å². The molecule has 0 aliphatic heterocycles. The summed E-state index contributed by atoms with van der Waals surface area (Å²) in [5, 5.41) is 16.7. The van der Waals surface area contributed by atoms with E-state index in [1.54, 1.807) is 18.2 Å². The summed E-state index contributed by atoms with van der Waals surface area (Å²) >= 11 is 0. The Morgan fingerprint density at radius 2 is 0.562 bits per heavy atom. The van der Waals surface area contributed by atoms with E-state index in [1.165, 1.54) is 94.6 Å². The summed E-state index contributed by atoms with van der Waals surface area (Å²) < 4.78 is 120. The van der Waals surface area contributed by atoms with Gasteiger partial charge in [-0.15, -0.1) is 0 Å². The lowest BCUT2D eigenvalue weighted by molar-refractivity contribution is 0.279. The van der Waals surface area contributed by atoms with Crippen molar-refractivity contribution in [3.63, 3.8) is 0 Å². The molecule has 3 heterocycles. The molecule has 438 valence electrons. The highest BCUT2D eigenvalue weighted by molar-refractivity contribution is 7.51. The lowest BCUT2D eigenvalue weighted by Crippen LogP contribution is -2.07. The number of rotatable bonds is 12. The largest absolute Gasteiger partial charge is 0.503 e. The standard InChI is InChI=1S/C25H14F4O2S.C25H17F2OS.C25H18FOS/c26-21-18(22(27)24(29)25(30)23(21)28)13-31-14-9-11-15(12-10-14)32-19-7-3-1-5-16(19)17-6-2-4-8-20(17)32;26-18-13-17(14-19(27)15-18)16-28-20-9-11-21(12-10-20)29-24-7-3-1-5-22(24)23-6-2-4-8-25(23)29;26-19-7-5-6-18(16-19)17-27-20-12-14-21(15-13-20)28-24-10-3-1-8-22(24)23-9-2-4-11-25(23)28/h1-12H,13H2;1-15H,16H2;1-16H,17H2/q;2*+1/p+1. The summed E-state index contributed by atoms with van der Waals surface area (Å²) in [6, 6.07) is 84.0. The third kappa shape index (κ3) is 11.9. The van der Waals surface area contributed by atoms with Crippen molar-refractivity contribution in [2.45, 2.75) is 19.8 Å². The van der Waals surface area contributed by atoms with Gasteiger partial charge in [-0.1, -0.05) is 84.9 Å². The molecule has 14 heteroatoms. The molecule has 0 saturated heterocycles. The molecule has 0 radical (unpaired) electrons. The van der Waals surface area contributed by atoms with E-state index >= 15 is 0 Å². The molecule has 0 unspecified atom stereocenters. The summed E-state index contributed by atoms with van der Waals surface area (Å²) in [6.45, 7) is -0.261. The maximum Gasteiger partial charge on any atom is 0.204 e. The summed E-state index contributed by atoms with van der Waals surface area (Å²) in [5.74, 6) is -8.45. The number of phenols is 1. The maximum absolute atomic E-state index is 13.9. The number of phenolic OH excluding ortho intramolecular Hbond substituents is 1. The lowest BCUT2D eigenvalue weighted by Gasteiger charge is -2.10. The van der Waals surface area contributed by atoms with E-state index in [2.05, 4.69) is 146 Å². The monoisotopic (exact) mass is 1240 g/mol. The first kappa shape index (κ1) is 58.1. The van der Waals surface area contributed by atoms with Crippen molar-refractivity contribution in [3.05, 3.63) is 318 Å². The lowest BCUT2D eigenvalue weighted by atomic mass is 10.1. The molecule has 15 rings (SSSR count). The van der Waals surface area contributed by atoms with Crippen LogP contribution in [-0.2, 0) is 19.8 Å². The number of fused-ring (bicyclic) bond motifs is 9. The van der Waals surface area contributed by atoms with Crippen molar-refractivity contribution in [1.82, 2.24) is 0 Å². The smallest absolute Gasteiger partial charge is 0.204 e. The van der Waals surface area contributed by atoms with E-state index in [-0.39, 0.29) is 49.6 Å². The van der Waals surface area contributed by atoms with Crippen LogP contribution >= 0.6 is 31.4 Å². The van der Waals surface area contributed by atoms with Crippen molar-refractivity contribution in [2.75, 3.05) is 0 Å². The topological polar surface area (TPSA) is 47.9 Å². The number of ether oxygens (including phenoxy) is 3. The van der Waals surface area contributed by atoms with Gasteiger partial charge in [-0.05, 0) is 145 Å². The van der Waals surface area contributed by atoms with Gasteiger partial charge in [0, 0.05) is 106 Å². The van der Waals surface area contributed by atoms with Crippen molar-refractivity contribution in [2.24, 2.45) is 0 Å². The first-order valence-electron chi connectivity index (χ1n) is 28.2. The summed E-state index contributed by atoms with van der Waals surface area (Å²) in [6.07, 6.45) is 0. The SMILES string of the molecule is Fc1cc(F)cc(COc2ccc(-[s+]3c4ccccc4c4ccccc43)cc2)c1.Fc1cccc(COc2ccc(-[s+]3c4ccccc4c4ccccc43)cc2)c1.Oc1c(F)c(F)c(COc2ccc(-[s+]3c4ccccc4c4ccccc43)cc2)c(F)c1F. The zero-order chi connectivity index (χ0) is 61.1. The normalized spacial score (nSPS) is 11.3. The Kier molecular flexibility index (Phi) is 16.6. The molecular weight excluding hydrogens is 1190 g/mol. The Morgan fingerprint density at radius 1 is 0.270 bits per heavy atom. The highest BCUT2D eigenvalue weighted by atomic mass is 32.2. The number of aromatic hydroxyl groups is 1. The number of benzene rings is 12. The van der Waals surface area contributed by atoms with E-state index in [0.717, 1.165) is 22.3 Å². The van der Waals surface area contributed by atoms with Gasteiger partial charge in [0.2, 0.25) is 11.6 Å². The molecule has 4 nitrogen and oxygen atoms in total. The van der Waals surface area contributed by atoms with Crippen LogP contribution in [0.15, 0.2) is 261 Å². The van der Waals surface area contributed by atoms with Crippen LogP contribution in [0.3, 0.4) is 0 Å². The molecule has 89 heavy (non-hydrogen) atoms. The van der Waals surface area contributed by atoms with Gasteiger partial charge in [0.15, 0.2) is 60.3 Å². The van der Waals surface area contributed by atoms with Crippen LogP contribution in [0, 0.1) is 40.7 Å². The zero-order valence-corrected chi connectivity index (χ0v) is 49.4. The van der Waals surface area contributed by atoms with E-state index < -0.39 is 52.8 Å². The maximum atomic E-state index is 13.9. The molecule has 15 aromatic rings. The van der Waals surface area contributed by atoms with Gasteiger partial charge in [0.25, 0.3) is 0 Å². The highest BCUT2D eigenvalue weighted by Gasteiger charge is 2.28. The van der Waals surface area contributed by atoms with Gasteiger partial charge in [0.1, 0.15) is 54.5 Å². The average molecular weight is 1240 g/mol. The number of hydrogen-bond donors (Lipinski definition) is 1. The van der Waals surface area contributed by atoms with Crippen molar-refractivity contribution in [1.29, 1.82) is 0 Å². The molecule has 0 aliphatic rings. The van der Waals surface area contributed by atoms with Crippen LogP contribution < -0.4 is 14.2 Å². The van der Waals surface area contributed by atoms with Gasteiger partial charge >= 0.3 is 0 Å². The molecule has 1 N–H and O–H groups in total. The average Bonchev–Trinajstić information content (AvgIpc) is 1.73. The van der Waals surface area contributed by atoms with Gasteiger partial charge < -0.3 is 19.3 Å². The minimum Gasteiger partial charge on any atom is -0.503 e. The molecule has 0 amide bonds. The fraction of sp³-hybridized carbons (Fsp3) is 0.0400. The van der Waals surface area contributed by atoms with Crippen molar-refractivity contribution < 1.29 is 50.1 Å². The van der Waals surface area contributed by atoms with E-state index in [0.29, 0.717) is 17.9 Å². The fourth-order valence-corrected chi connectivity index (χ4v) is 18.1. The second-order valence-electron chi connectivity index (χ2n) is 20.7. The van der Waals surface area contributed by atoms with E-state index in [1.807, 2.05) is 66.7 Å². The summed E-state index contributed by atoms with van der Waals surface area (Å²) in [5.41, 5.74) is 0.360. The van der Waals surface area contributed by atoms with Gasteiger partial charge in [-0.25, -0.2) is 22.0 Å². The van der Waals surface area contributed by atoms with Gasteiger partial charge in [0.05, 0.1) is 5.56 Å². The minimum absolute atomic E-state index is 0.0970. The molecule has 0 fully saturated rings. The first-order valence-corrected chi connectivity index (χ1v) is 31.8. The Balaban J connectivity index is 0.000000123. The van der Waals surface area contributed by atoms with Crippen LogP contribution in [-0.4, -0.2) is 5.11 Å². The van der Waals surface area contributed by atoms with Crippen LogP contribution in [0.1, 0.15) is 16.7 Å². The fourth-order valence-electron chi connectivity index (χ4n) is 10.9. The van der Waals surface area contributed by atoms with E-state index in [4.69, 9.17) is 19.3 Å². The molecule has 3 aromatic heterocycles. The van der Waals surface area contributed by atoms with Crippen molar-refractivity contribution in [3.8, 4) is 37.7 Å². The predicted molar refractivity (Wildman–Crippen MR) is 350 cm³/mol. The van der Waals surface area contributed by atoms with Crippen LogP contribution in [0.25, 0.3) is 75.2 Å².